The van der Waals surface area contributed by atoms with Crippen LogP contribution in [0.5, 0.6) is 0 Å². The van der Waals surface area contributed by atoms with Crippen molar-refractivity contribution in [2.45, 2.75) is 31.8 Å². The van der Waals surface area contributed by atoms with Crippen molar-refractivity contribution >= 4 is 11.6 Å². The molecule has 0 radical (unpaired) electrons. The van der Waals surface area contributed by atoms with Gasteiger partial charge >= 0.3 is 0 Å². The molecule has 1 aromatic rings. The van der Waals surface area contributed by atoms with E-state index >= 15 is 0 Å². The summed E-state index contributed by atoms with van der Waals surface area (Å²) in [5.74, 6) is 0.104. The highest BCUT2D eigenvalue weighted by Gasteiger charge is 2.35. The number of nitrogens with one attached hydrogen (secondary N) is 1. The average Bonchev–Trinajstić information content (AvgIpc) is 2.49. The van der Waals surface area contributed by atoms with E-state index in [1.54, 1.807) is 0 Å². The summed E-state index contributed by atoms with van der Waals surface area (Å²) in [5, 5.41) is 12.5. The van der Waals surface area contributed by atoms with Crippen LogP contribution in [0.3, 0.4) is 0 Å². The van der Waals surface area contributed by atoms with Gasteiger partial charge in [-0.15, -0.1) is 0 Å². The lowest BCUT2D eigenvalue weighted by molar-refractivity contribution is -0.138. The Morgan fingerprint density at radius 3 is 2.64 bits per heavy atom. The first-order valence-corrected chi connectivity index (χ1v) is 7.88. The largest absolute Gasteiger partial charge is 0.396 e. The quantitative estimate of drug-likeness (QED) is 0.863. The molecule has 1 aliphatic rings. The number of para-hydroxylation sites is 1. The van der Waals surface area contributed by atoms with E-state index in [0.717, 1.165) is 18.8 Å². The molecule has 0 unspecified atom stereocenters. The summed E-state index contributed by atoms with van der Waals surface area (Å²) in [6.45, 7) is 6.25. The number of hydrogen-bond acceptors (Lipinski definition) is 4. The molecule has 0 bridgehead atoms. The van der Waals surface area contributed by atoms with Crippen molar-refractivity contribution < 1.29 is 9.90 Å². The lowest BCUT2D eigenvalue weighted by Crippen LogP contribution is -2.59. The van der Waals surface area contributed by atoms with Gasteiger partial charge in [-0.25, -0.2) is 0 Å². The maximum Gasteiger partial charge on any atom is 0.247 e. The van der Waals surface area contributed by atoms with Crippen LogP contribution in [0.4, 0.5) is 5.69 Å². The molecule has 1 aromatic carbocycles. The van der Waals surface area contributed by atoms with Crippen molar-refractivity contribution in [3.05, 3.63) is 30.3 Å². The summed E-state index contributed by atoms with van der Waals surface area (Å²) in [5.41, 5.74) is 0.294. The summed E-state index contributed by atoms with van der Waals surface area (Å²) in [7, 11) is 2.05. The van der Waals surface area contributed by atoms with Crippen LogP contribution >= 0.6 is 0 Å². The highest BCUT2D eigenvalue weighted by atomic mass is 16.3. The van der Waals surface area contributed by atoms with Gasteiger partial charge < -0.3 is 15.3 Å². The first-order valence-electron chi connectivity index (χ1n) is 7.88. The number of rotatable bonds is 5. The summed E-state index contributed by atoms with van der Waals surface area (Å²) < 4.78 is 0. The van der Waals surface area contributed by atoms with E-state index in [9.17, 15) is 9.90 Å². The zero-order chi connectivity index (χ0) is 16.2. The van der Waals surface area contributed by atoms with E-state index in [-0.39, 0.29) is 18.6 Å². The van der Waals surface area contributed by atoms with Gasteiger partial charge in [0.25, 0.3) is 0 Å². The highest BCUT2D eigenvalue weighted by Crippen LogP contribution is 2.20. The maximum absolute atomic E-state index is 12.9. The Hall–Kier alpha value is -1.59. The Kier molecular flexibility index (Phi) is 5.42. The summed E-state index contributed by atoms with van der Waals surface area (Å²) in [6, 6.07) is 10.0. The minimum absolute atomic E-state index is 0.104. The van der Waals surface area contributed by atoms with Crippen LogP contribution < -0.4 is 5.32 Å². The SMILES string of the molecule is CN1CCN(C(=O)C(C)(C)Nc2ccccc2)C[C@@H]1CCO. The number of nitrogens with zero attached hydrogens (tertiary/aromatic N) is 2. The molecule has 0 saturated carbocycles. The van der Waals surface area contributed by atoms with Crippen molar-refractivity contribution in [3.63, 3.8) is 0 Å². The molecule has 22 heavy (non-hydrogen) atoms. The predicted octanol–water partition coefficient (Wildman–Crippen LogP) is 1.40. The minimum Gasteiger partial charge on any atom is -0.396 e. The molecule has 1 fully saturated rings. The van der Waals surface area contributed by atoms with Gasteiger partial charge in [-0.2, -0.15) is 0 Å². The predicted molar refractivity (Wildman–Crippen MR) is 88.8 cm³/mol. The fourth-order valence-corrected chi connectivity index (χ4v) is 2.92. The molecule has 5 nitrogen and oxygen atoms in total. The summed E-state index contributed by atoms with van der Waals surface area (Å²) >= 11 is 0. The van der Waals surface area contributed by atoms with Crippen LogP contribution in [0, 0.1) is 0 Å². The monoisotopic (exact) mass is 305 g/mol. The van der Waals surface area contributed by atoms with Gasteiger partial charge in [0, 0.05) is 38.0 Å². The fraction of sp³-hybridized carbons (Fsp3) is 0.588. The first kappa shape index (κ1) is 16.8. The molecule has 1 saturated heterocycles. The Bertz CT molecular complexity index is 490. The van der Waals surface area contributed by atoms with E-state index in [1.165, 1.54) is 0 Å². The fourth-order valence-electron chi connectivity index (χ4n) is 2.92. The van der Waals surface area contributed by atoms with Crippen LogP contribution in [0.15, 0.2) is 30.3 Å². The first-order chi connectivity index (χ1) is 10.4. The number of carbonyl (C=O) groups is 1. The van der Waals surface area contributed by atoms with E-state index in [2.05, 4.69) is 17.3 Å². The molecule has 2 N–H and O–H groups in total. The van der Waals surface area contributed by atoms with Crippen LogP contribution in [0.2, 0.25) is 0 Å². The highest BCUT2D eigenvalue weighted by molar-refractivity contribution is 5.88. The molecule has 0 aliphatic carbocycles. The van der Waals surface area contributed by atoms with Gasteiger partial charge in [-0.3, -0.25) is 9.69 Å². The van der Waals surface area contributed by atoms with Gasteiger partial charge in [0.1, 0.15) is 5.54 Å². The number of amides is 1. The Labute approximate surface area is 132 Å². The molecule has 5 heteroatoms. The topological polar surface area (TPSA) is 55.8 Å². The molecule has 122 valence electrons. The number of anilines is 1. The molecule has 2 rings (SSSR count). The third-order valence-corrected chi connectivity index (χ3v) is 4.29. The second-order valence-corrected chi connectivity index (χ2v) is 6.51. The maximum atomic E-state index is 12.9. The van der Waals surface area contributed by atoms with Crippen LogP contribution in [0.1, 0.15) is 20.3 Å². The molecule has 0 aromatic heterocycles. The minimum atomic E-state index is -0.652. The molecular formula is C17H27N3O2. The van der Waals surface area contributed by atoms with Crippen molar-refractivity contribution in [1.29, 1.82) is 0 Å². The molecule has 1 amide bonds. The van der Waals surface area contributed by atoms with Crippen molar-refractivity contribution in [2.24, 2.45) is 0 Å². The molecular weight excluding hydrogens is 278 g/mol. The number of piperazine rings is 1. The van der Waals surface area contributed by atoms with E-state index < -0.39 is 5.54 Å². The van der Waals surface area contributed by atoms with Crippen molar-refractivity contribution in [3.8, 4) is 0 Å². The number of likely N-dealkylation sites (N-methyl/N-ethyl adjacent to an activating group) is 1. The third-order valence-electron chi connectivity index (χ3n) is 4.29. The third kappa shape index (κ3) is 3.99. The lowest BCUT2D eigenvalue weighted by atomic mass is 10.0. The standard InChI is InChI=1S/C17H27N3O2/c1-17(2,18-14-7-5-4-6-8-14)16(22)20-11-10-19(3)15(13-20)9-12-21/h4-8,15,18,21H,9-13H2,1-3H3/t15-/m0/s1. The molecule has 1 aliphatic heterocycles. The number of hydrogen-bond donors (Lipinski definition) is 2. The Morgan fingerprint density at radius 2 is 2.00 bits per heavy atom. The number of aliphatic hydroxyl groups is 1. The van der Waals surface area contributed by atoms with Gasteiger partial charge in [-0.1, -0.05) is 18.2 Å². The van der Waals surface area contributed by atoms with Gasteiger partial charge in [0.2, 0.25) is 5.91 Å². The summed E-state index contributed by atoms with van der Waals surface area (Å²) in [6.07, 6.45) is 0.701. The van der Waals surface area contributed by atoms with Crippen molar-refractivity contribution in [2.75, 3.05) is 38.6 Å². The summed E-state index contributed by atoms with van der Waals surface area (Å²) in [4.78, 5) is 17.0. The van der Waals surface area contributed by atoms with Crippen LogP contribution in [-0.2, 0) is 4.79 Å². The normalized spacial score (nSPS) is 20.0. The Morgan fingerprint density at radius 1 is 1.32 bits per heavy atom. The average molecular weight is 305 g/mol. The zero-order valence-corrected chi connectivity index (χ0v) is 13.7. The lowest BCUT2D eigenvalue weighted by Gasteiger charge is -2.42. The van der Waals surface area contributed by atoms with Crippen molar-refractivity contribution in [1.82, 2.24) is 9.80 Å². The molecule has 0 spiro atoms. The van der Waals surface area contributed by atoms with Crippen LogP contribution in [0.25, 0.3) is 0 Å². The molecule has 1 heterocycles. The second-order valence-electron chi connectivity index (χ2n) is 6.51. The van der Waals surface area contributed by atoms with Gasteiger partial charge in [0.05, 0.1) is 0 Å². The second kappa shape index (κ2) is 7.11. The zero-order valence-electron chi connectivity index (χ0n) is 13.7. The van der Waals surface area contributed by atoms with E-state index in [4.69, 9.17) is 0 Å². The van der Waals surface area contributed by atoms with Gasteiger partial charge in [0.15, 0.2) is 0 Å². The number of benzene rings is 1. The van der Waals surface area contributed by atoms with Crippen LogP contribution in [-0.4, -0.2) is 65.7 Å². The van der Waals surface area contributed by atoms with E-state index in [1.807, 2.05) is 49.1 Å². The van der Waals surface area contributed by atoms with Gasteiger partial charge in [-0.05, 0) is 39.4 Å². The smallest absolute Gasteiger partial charge is 0.247 e. The Balaban J connectivity index is 2.03. The number of aliphatic hydroxyl groups excluding tert-OH is 1. The number of carbonyl (C=O) groups excluding carboxylic acids is 1. The molecule has 1 atom stereocenters. The van der Waals surface area contributed by atoms with E-state index in [0.29, 0.717) is 13.0 Å².